The third-order valence-corrected chi connectivity index (χ3v) is 5.03. The van der Waals surface area contributed by atoms with Gasteiger partial charge in [0.15, 0.2) is 0 Å². The first kappa shape index (κ1) is 13.6. The van der Waals surface area contributed by atoms with Crippen LogP contribution >= 0.6 is 11.3 Å². The lowest BCUT2D eigenvalue weighted by molar-refractivity contribution is 0.608. The Hall–Kier alpha value is -2.80. The first-order valence-electron chi connectivity index (χ1n) is 7.53. The molecule has 3 aromatic heterocycles. The van der Waals surface area contributed by atoms with E-state index in [0.29, 0.717) is 13.0 Å². The summed E-state index contributed by atoms with van der Waals surface area (Å²) in [5.41, 5.74) is 6.47. The molecule has 0 fully saturated rings. The van der Waals surface area contributed by atoms with Crippen molar-refractivity contribution in [2.24, 2.45) is 0 Å². The van der Waals surface area contributed by atoms with Crippen LogP contribution in [0.25, 0.3) is 22.5 Å². The van der Waals surface area contributed by atoms with E-state index in [4.69, 9.17) is 0 Å². The van der Waals surface area contributed by atoms with Crippen LogP contribution in [-0.2, 0) is 13.0 Å². The first-order chi connectivity index (χ1) is 11.8. The molecule has 118 valence electrons. The standard InChI is InChI=1S/C17H12FN5S/c18-15-4-10(6-23-9-19-8-20-23)3-13-12(15)5-14-16(21-22-17(13)14)11-1-2-24-7-11/h1-4,7-9H,5-6H2,(H,21,22). The normalized spacial score (nSPS) is 12.4. The number of thiophene rings is 1. The number of hydrogen-bond donors (Lipinski definition) is 1. The Bertz CT molecular complexity index is 1020. The number of benzene rings is 1. The summed E-state index contributed by atoms with van der Waals surface area (Å²) in [6.45, 7) is 0.491. The molecule has 4 aromatic rings. The average Bonchev–Trinajstić information content (AvgIpc) is 3.32. The fourth-order valence-electron chi connectivity index (χ4n) is 3.26. The van der Waals surface area contributed by atoms with Crippen molar-refractivity contribution in [1.29, 1.82) is 0 Å². The molecule has 3 heterocycles. The number of halogens is 1. The van der Waals surface area contributed by atoms with E-state index < -0.39 is 0 Å². The van der Waals surface area contributed by atoms with Crippen molar-refractivity contribution >= 4 is 11.3 Å². The van der Waals surface area contributed by atoms with Gasteiger partial charge in [-0.1, -0.05) is 0 Å². The van der Waals surface area contributed by atoms with Gasteiger partial charge in [0, 0.05) is 34.1 Å². The molecule has 0 atom stereocenters. The van der Waals surface area contributed by atoms with Gasteiger partial charge in [-0.3, -0.25) is 5.10 Å². The minimum atomic E-state index is -0.177. The second kappa shape index (κ2) is 5.10. The summed E-state index contributed by atoms with van der Waals surface area (Å²) >= 11 is 1.63. The van der Waals surface area contributed by atoms with Crippen molar-refractivity contribution < 1.29 is 4.39 Å². The van der Waals surface area contributed by atoms with E-state index in [1.165, 1.54) is 6.33 Å². The summed E-state index contributed by atoms with van der Waals surface area (Å²) in [6.07, 6.45) is 3.67. The second-order valence-electron chi connectivity index (χ2n) is 5.81. The molecule has 5 nitrogen and oxygen atoms in total. The zero-order chi connectivity index (χ0) is 16.1. The Kier molecular flexibility index (Phi) is 2.90. The van der Waals surface area contributed by atoms with Crippen LogP contribution in [0, 0.1) is 5.82 Å². The molecule has 1 aliphatic carbocycles. The van der Waals surface area contributed by atoms with E-state index in [0.717, 1.165) is 39.2 Å². The highest BCUT2D eigenvalue weighted by Gasteiger charge is 2.28. The van der Waals surface area contributed by atoms with E-state index in [1.807, 2.05) is 17.5 Å². The second-order valence-corrected chi connectivity index (χ2v) is 6.59. The van der Waals surface area contributed by atoms with Crippen LogP contribution in [0.4, 0.5) is 4.39 Å². The smallest absolute Gasteiger partial charge is 0.137 e. The number of rotatable bonds is 3. The lowest BCUT2D eigenvalue weighted by Gasteiger charge is -2.07. The minimum Gasteiger partial charge on any atom is -0.277 e. The molecule has 0 unspecified atom stereocenters. The van der Waals surface area contributed by atoms with Gasteiger partial charge in [0.05, 0.1) is 17.9 Å². The summed E-state index contributed by atoms with van der Waals surface area (Å²) in [6, 6.07) is 5.64. The predicted octanol–water partition coefficient (Wildman–Crippen LogP) is 3.49. The lowest BCUT2D eigenvalue weighted by atomic mass is 10.0. The van der Waals surface area contributed by atoms with Gasteiger partial charge in [-0.05, 0) is 29.1 Å². The lowest BCUT2D eigenvalue weighted by Crippen LogP contribution is -2.02. The number of nitrogens with zero attached hydrogens (tertiary/aromatic N) is 4. The number of aromatic amines is 1. The van der Waals surface area contributed by atoms with Crippen molar-refractivity contribution in [1.82, 2.24) is 25.0 Å². The third kappa shape index (κ3) is 2.01. The minimum absolute atomic E-state index is 0.177. The van der Waals surface area contributed by atoms with Gasteiger partial charge in [0.1, 0.15) is 18.5 Å². The SMILES string of the molecule is Fc1cc(Cn2cncn2)cc2c1Cc1c(-c3ccsc3)n[nH]c1-2. The van der Waals surface area contributed by atoms with E-state index in [9.17, 15) is 4.39 Å². The maximum atomic E-state index is 14.6. The Morgan fingerprint density at radius 3 is 3.04 bits per heavy atom. The number of aromatic nitrogens is 5. The molecule has 0 aliphatic heterocycles. The molecule has 0 radical (unpaired) electrons. The summed E-state index contributed by atoms with van der Waals surface area (Å²) < 4.78 is 16.3. The van der Waals surface area contributed by atoms with Gasteiger partial charge < -0.3 is 0 Å². The van der Waals surface area contributed by atoms with E-state index in [1.54, 1.807) is 28.4 Å². The van der Waals surface area contributed by atoms with Crippen molar-refractivity contribution in [2.45, 2.75) is 13.0 Å². The van der Waals surface area contributed by atoms with Gasteiger partial charge in [-0.2, -0.15) is 21.5 Å². The topological polar surface area (TPSA) is 59.4 Å². The number of fused-ring (bicyclic) bond motifs is 3. The summed E-state index contributed by atoms with van der Waals surface area (Å²) in [5, 5.41) is 15.7. The Labute approximate surface area is 140 Å². The molecule has 1 N–H and O–H groups in total. The zero-order valence-electron chi connectivity index (χ0n) is 12.5. The van der Waals surface area contributed by atoms with E-state index in [2.05, 4.69) is 25.7 Å². The van der Waals surface area contributed by atoms with Crippen LogP contribution in [0.2, 0.25) is 0 Å². The quantitative estimate of drug-likeness (QED) is 0.548. The molecule has 24 heavy (non-hydrogen) atoms. The Morgan fingerprint density at radius 2 is 2.25 bits per heavy atom. The van der Waals surface area contributed by atoms with Crippen molar-refractivity contribution in [2.75, 3.05) is 0 Å². The summed E-state index contributed by atoms with van der Waals surface area (Å²) in [7, 11) is 0. The largest absolute Gasteiger partial charge is 0.277 e. The predicted molar refractivity (Wildman–Crippen MR) is 89.2 cm³/mol. The molecular formula is C17H12FN5S. The fraction of sp³-hybridized carbons (Fsp3) is 0.118. The van der Waals surface area contributed by atoms with Crippen molar-refractivity contribution in [3.63, 3.8) is 0 Å². The zero-order valence-corrected chi connectivity index (χ0v) is 13.3. The Morgan fingerprint density at radius 1 is 1.29 bits per heavy atom. The van der Waals surface area contributed by atoms with Gasteiger partial charge in [0.2, 0.25) is 0 Å². The third-order valence-electron chi connectivity index (χ3n) is 4.35. The van der Waals surface area contributed by atoms with Crippen LogP contribution in [0.3, 0.4) is 0 Å². The van der Waals surface area contributed by atoms with Gasteiger partial charge >= 0.3 is 0 Å². The van der Waals surface area contributed by atoms with Crippen LogP contribution in [0.5, 0.6) is 0 Å². The monoisotopic (exact) mass is 337 g/mol. The molecule has 5 rings (SSSR count). The van der Waals surface area contributed by atoms with Gasteiger partial charge in [-0.25, -0.2) is 14.1 Å². The maximum absolute atomic E-state index is 14.6. The molecular weight excluding hydrogens is 325 g/mol. The average molecular weight is 337 g/mol. The molecule has 1 aliphatic rings. The summed E-state index contributed by atoms with van der Waals surface area (Å²) in [5.74, 6) is -0.177. The first-order valence-corrected chi connectivity index (χ1v) is 8.48. The van der Waals surface area contributed by atoms with Gasteiger partial charge in [-0.15, -0.1) is 0 Å². The maximum Gasteiger partial charge on any atom is 0.137 e. The van der Waals surface area contributed by atoms with Crippen molar-refractivity contribution in [3.8, 4) is 22.5 Å². The van der Waals surface area contributed by atoms with Crippen LogP contribution < -0.4 is 0 Å². The van der Waals surface area contributed by atoms with Crippen LogP contribution in [0.15, 0.2) is 41.6 Å². The molecule has 0 saturated heterocycles. The molecule has 0 saturated carbocycles. The Balaban J connectivity index is 1.59. The molecule has 0 spiro atoms. The highest BCUT2D eigenvalue weighted by Crippen LogP contribution is 2.42. The number of hydrogen-bond acceptors (Lipinski definition) is 4. The number of H-pyrrole nitrogens is 1. The van der Waals surface area contributed by atoms with Crippen LogP contribution in [0.1, 0.15) is 16.7 Å². The fourth-order valence-corrected chi connectivity index (χ4v) is 3.90. The van der Waals surface area contributed by atoms with Crippen LogP contribution in [-0.4, -0.2) is 25.0 Å². The molecule has 0 amide bonds. The number of nitrogens with one attached hydrogen (secondary N) is 1. The molecule has 7 heteroatoms. The molecule has 1 aromatic carbocycles. The van der Waals surface area contributed by atoms with E-state index >= 15 is 0 Å². The summed E-state index contributed by atoms with van der Waals surface area (Å²) in [4.78, 5) is 3.92. The highest BCUT2D eigenvalue weighted by molar-refractivity contribution is 7.08. The van der Waals surface area contributed by atoms with Crippen molar-refractivity contribution in [3.05, 3.63) is 64.1 Å². The molecule has 0 bridgehead atoms. The highest BCUT2D eigenvalue weighted by atomic mass is 32.1. The van der Waals surface area contributed by atoms with E-state index in [-0.39, 0.29) is 5.82 Å². The van der Waals surface area contributed by atoms with Gasteiger partial charge in [0.25, 0.3) is 0 Å².